The van der Waals surface area contributed by atoms with Crippen molar-refractivity contribution in [2.24, 2.45) is 7.05 Å². The summed E-state index contributed by atoms with van der Waals surface area (Å²) >= 11 is 8.03. The second-order valence-electron chi connectivity index (χ2n) is 4.41. The first-order valence-electron chi connectivity index (χ1n) is 6.04. The van der Waals surface area contributed by atoms with Crippen LogP contribution in [0.3, 0.4) is 0 Å². The second kappa shape index (κ2) is 4.96. The molecule has 3 aromatic rings. The van der Waals surface area contributed by atoms with E-state index in [4.69, 9.17) is 11.6 Å². The number of hydrogen-bond donors (Lipinski definition) is 1. The van der Waals surface area contributed by atoms with Crippen molar-refractivity contribution in [2.45, 2.75) is 6.04 Å². The highest BCUT2D eigenvalue weighted by molar-refractivity contribution is 7.19. The van der Waals surface area contributed by atoms with Crippen LogP contribution in [0.4, 0.5) is 0 Å². The number of halogens is 1. The summed E-state index contributed by atoms with van der Waals surface area (Å²) in [5.41, 5.74) is 0.996. The van der Waals surface area contributed by atoms with E-state index in [0.717, 1.165) is 5.69 Å². The first-order chi connectivity index (χ1) is 9.20. The zero-order chi connectivity index (χ0) is 13.4. The molecule has 98 valence electrons. The maximum absolute atomic E-state index is 6.25. The Morgan fingerprint density at radius 1 is 1.37 bits per heavy atom. The molecule has 3 nitrogen and oxygen atoms in total. The Hall–Kier alpha value is -1.36. The van der Waals surface area contributed by atoms with Crippen LogP contribution in [0.25, 0.3) is 10.1 Å². The molecule has 0 saturated heterocycles. The van der Waals surface area contributed by atoms with Crippen molar-refractivity contribution >= 4 is 33.0 Å². The van der Waals surface area contributed by atoms with E-state index >= 15 is 0 Å². The van der Waals surface area contributed by atoms with Crippen molar-refractivity contribution in [3.63, 3.8) is 0 Å². The molecule has 1 aromatic carbocycles. The van der Waals surface area contributed by atoms with Crippen molar-refractivity contribution in [2.75, 3.05) is 7.05 Å². The molecule has 0 spiro atoms. The van der Waals surface area contributed by atoms with Crippen molar-refractivity contribution in [1.29, 1.82) is 0 Å². The summed E-state index contributed by atoms with van der Waals surface area (Å²) in [6.45, 7) is 0. The topological polar surface area (TPSA) is 29.9 Å². The standard InChI is InChI=1S/C14H14ClN3S/c1-16-13(14-10(15)8-17-18(14)2)12-7-9-5-3-4-6-11(9)19-12/h3-8,13,16H,1-2H3. The predicted octanol–water partition coefficient (Wildman–Crippen LogP) is 3.60. The van der Waals surface area contributed by atoms with Crippen LogP contribution < -0.4 is 5.32 Å². The fraction of sp³-hybridized carbons (Fsp3) is 0.214. The molecule has 0 fully saturated rings. The zero-order valence-corrected chi connectivity index (χ0v) is 12.3. The van der Waals surface area contributed by atoms with Gasteiger partial charge in [-0.2, -0.15) is 5.10 Å². The molecular weight excluding hydrogens is 278 g/mol. The monoisotopic (exact) mass is 291 g/mol. The highest BCUT2D eigenvalue weighted by Crippen LogP contribution is 2.35. The molecule has 1 N–H and O–H groups in total. The highest BCUT2D eigenvalue weighted by Gasteiger charge is 2.21. The summed E-state index contributed by atoms with van der Waals surface area (Å²) in [5, 5.41) is 9.50. The maximum atomic E-state index is 6.25. The lowest BCUT2D eigenvalue weighted by Gasteiger charge is -2.15. The molecular formula is C14H14ClN3S. The lowest BCUT2D eigenvalue weighted by molar-refractivity contribution is 0.613. The van der Waals surface area contributed by atoms with Gasteiger partial charge in [-0.3, -0.25) is 4.68 Å². The van der Waals surface area contributed by atoms with Gasteiger partial charge in [-0.05, 0) is 24.6 Å². The summed E-state index contributed by atoms with van der Waals surface area (Å²) in [6.07, 6.45) is 1.69. The van der Waals surface area contributed by atoms with Crippen LogP contribution in [0, 0.1) is 0 Å². The molecule has 2 aromatic heterocycles. The molecule has 5 heteroatoms. The summed E-state index contributed by atoms with van der Waals surface area (Å²) < 4.78 is 3.12. The van der Waals surface area contributed by atoms with E-state index in [1.807, 2.05) is 18.8 Å². The van der Waals surface area contributed by atoms with E-state index in [-0.39, 0.29) is 6.04 Å². The van der Waals surface area contributed by atoms with E-state index < -0.39 is 0 Å². The van der Waals surface area contributed by atoms with Crippen molar-refractivity contribution < 1.29 is 0 Å². The van der Waals surface area contributed by atoms with Gasteiger partial charge in [0.1, 0.15) is 0 Å². The Kier molecular flexibility index (Phi) is 3.31. The van der Waals surface area contributed by atoms with Gasteiger partial charge in [-0.1, -0.05) is 29.8 Å². The number of aryl methyl sites for hydroxylation is 1. The molecule has 0 radical (unpaired) electrons. The van der Waals surface area contributed by atoms with Gasteiger partial charge < -0.3 is 5.32 Å². The van der Waals surface area contributed by atoms with Crippen LogP contribution in [-0.4, -0.2) is 16.8 Å². The molecule has 0 aliphatic carbocycles. The molecule has 0 aliphatic rings. The lowest BCUT2D eigenvalue weighted by Crippen LogP contribution is -2.20. The molecule has 1 unspecified atom stereocenters. The Bertz CT molecular complexity index is 664. The van der Waals surface area contributed by atoms with Gasteiger partial charge in [0.2, 0.25) is 0 Å². The molecule has 19 heavy (non-hydrogen) atoms. The summed E-state index contributed by atoms with van der Waals surface area (Å²) in [6, 6.07) is 10.7. The first kappa shape index (κ1) is 12.7. The molecule has 0 bridgehead atoms. The number of nitrogens with one attached hydrogen (secondary N) is 1. The fourth-order valence-corrected chi connectivity index (χ4v) is 3.76. The van der Waals surface area contributed by atoms with Gasteiger partial charge in [0.15, 0.2) is 0 Å². The van der Waals surface area contributed by atoms with Gasteiger partial charge in [0.05, 0.1) is 23.0 Å². The number of hydrogen-bond acceptors (Lipinski definition) is 3. The van der Waals surface area contributed by atoms with E-state index in [2.05, 4.69) is 40.7 Å². The molecule has 0 saturated carbocycles. The smallest absolute Gasteiger partial charge is 0.0855 e. The Morgan fingerprint density at radius 2 is 2.16 bits per heavy atom. The van der Waals surface area contributed by atoms with Gasteiger partial charge in [0, 0.05) is 16.6 Å². The minimum Gasteiger partial charge on any atom is -0.307 e. The van der Waals surface area contributed by atoms with Crippen LogP contribution in [0.5, 0.6) is 0 Å². The molecule has 0 amide bonds. The fourth-order valence-electron chi connectivity index (χ4n) is 2.30. The number of aromatic nitrogens is 2. The van der Waals surface area contributed by atoms with Crippen LogP contribution in [-0.2, 0) is 7.05 Å². The summed E-state index contributed by atoms with van der Waals surface area (Å²) in [7, 11) is 3.86. The Morgan fingerprint density at radius 3 is 2.79 bits per heavy atom. The van der Waals surface area contributed by atoms with Gasteiger partial charge >= 0.3 is 0 Å². The van der Waals surface area contributed by atoms with Crippen LogP contribution >= 0.6 is 22.9 Å². The number of rotatable bonds is 3. The Balaban J connectivity index is 2.12. The number of benzene rings is 1. The second-order valence-corrected chi connectivity index (χ2v) is 5.93. The number of thiophene rings is 1. The zero-order valence-electron chi connectivity index (χ0n) is 10.7. The van der Waals surface area contributed by atoms with Crippen LogP contribution in [0.2, 0.25) is 5.02 Å². The molecule has 1 atom stereocenters. The molecule has 2 heterocycles. The lowest BCUT2D eigenvalue weighted by atomic mass is 10.1. The summed E-state index contributed by atoms with van der Waals surface area (Å²) in [4.78, 5) is 1.24. The summed E-state index contributed by atoms with van der Waals surface area (Å²) in [5.74, 6) is 0. The molecule has 3 rings (SSSR count). The largest absolute Gasteiger partial charge is 0.307 e. The SMILES string of the molecule is CNC(c1cc2ccccc2s1)c1c(Cl)cnn1C. The first-order valence-corrected chi connectivity index (χ1v) is 7.23. The third-order valence-electron chi connectivity index (χ3n) is 3.23. The van der Waals surface area contributed by atoms with Crippen LogP contribution in [0.15, 0.2) is 36.5 Å². The van der Waals surface area contributed by atoms with Crippen molar-refractivity contribution in [3.05, 3.63) is 52.1 Å². The molecule has 0 aliphatic heterocycles. The quantitative estimate of drug-likeness (QED) is 0.799. The van der Waals surface area contributed by atoms with Gasteiger partial charge in [-0.25, -0.2) is 0 Å². The average Bonchev–Trinajstić information content (AvgIpc) is 2.97. The third kappa shape index (κ3) is 2.16. The third-order valence-corrected chi connectivity index (χ3v) is 4.70. The Labute approximate surface area is 120 Å². The normalized spacial score (nSPS) is 13.0. The van der Waals surface area contributed by atoms with E-state index in [9.17, 15) is 0 Å². The predicted molar refractivity (Wildman–Crippen MR) is 80.9 cm³/mol. The van der Waals surface area contributed by atoms with Gasteiger partial charge in [0.25, 0.3) is 0 Å². The maximum Gasteiger partial charge on any atom is 0.0855 e. The van der Waals surface area contributed by atoms with Gasteiger partial charge in [-0.15, -0.1) is 11.3 Å². The highest BCUT2D eigenvalue weighted by atomic mass is 35.5. The number of nitrogens with zero attached hydrogens (tertiary/aromatic N) is 2. The van der Waals surface area contributed by atoms with Crippen molar-refractivity contribution in [3.8, 4) is 0 Å². The van der Waals surface area contributed by atoms with E-state index in [0.29, 0.717) is 5.02 Å². The minimum absolute atomic E-state index is 0.0670. The van der Waals surface area contributed by atoms with E-state index in [1.54, 1.807) is 17.5 Å². The van der Waals surface area contributed by atoms with Crippen molar-refractivity contribution in [1.82, 2.24) is 15.1 Å². The average molecular weight is 292 g/mol. The minimum atomic E-state index is 0.0670. The number of fused-ring (bicyclic) bond motifs is 1. The van der Waals surface area contributed by atoms with E-state index in [1.165, 1.54) is 15.0 Å². The van der Waals surface area contributed by atoms with Crippen LogP contribution in [0.1, 0.15) is 16.6 Å².